The van der Waals surface area contributed by atoms with Crippen LogP contribution in [0.3, 0.4) is 0 Å². The lowest BCUT2D eigenvalue weighted by Crippen LogP contribution is -2.57. The van der Waals surface area contributed by atoms with Gasteiger partial charge in [0, 0.05) is 19.1 Å². The summed E-state index contributed by atoms with van der Waals surface area (Å²) in [6, 6.07) is 0.295. The van der Waals surface area contributed by atoms with Crippen LogP contribution in [0.4, 0.5) is 0 Å². The number of rotatable bonds is 5. The minimum absolute atomic E-state index is 0.241. The summed E-state index contributed by atoms with van der Waals surface area (Å²) in [6.45, 7) is 9.98. The van der Waals surface area contributed by atoms with E-state index in [1.54, 1.807) is 7.05 Å². The summed E-state index contributed by atoms with van der Waals surface area (Å²) >= 11 is 0. The highest BCUT2D eigenvalue weighted by Gasteiger charge is 2.34. The number of carbonyl (C=O) groups is 1. The molecule has 0 aromatic carbocycles. The molecule has 1 aliphatic heterocycles. The number of hydrogen-bond donors (Lipinski definition) is 2. The number of amides is 1. The molecule has 106 valence electrons. The SMILES string of the molecule is CNC(C)(CC(C)N1CC(C)OC(C)C1)C(N)=O. The second-order valence-corrected chi connectivity index (χ2v) is 5.71. The Morgan fingerprint density at radius 3 is 2.39 bits per heavy atom. The van der Waals surface area contributed by atoms with Crippen molar-refractivity contribution in [2.45, 2.75) is 57.9 Å². The van der Waals surface area contributed by atoms with Crippen molar-refractivity contribution in [2.75, 3.05) is 20.1 Å². The second kappa shape index (κ2) is 5.99. The zero-order chi connectivity index (χ0) is 13.9. The molecule has 1 fully saturated rings. The van der Waals surface area contributed by atoms with Gasteiger partial charge in [0.1, 0.15) is 0 Å². The number of nitrogens with two attached hydrogens (primary N) is 1. The predicted octanol–water partition coefficient (Wildman–Crippen LogP) is 0.338. The van der Waals surface area contributed by atoms with Crippen molar-refractivity contribution in [2.24, 2.45) is 5.73 Å². The summed E-state index contributed by atoms with van der Waals surface area (Å²) in [5.74, 6) is -0.300. The molecular formula is C13H27N3O2. The number of hydrogen-bond acceptors (Lipinski definition) is 4. The van der Waals surface area contributed by atoms with Crippen molar-refractivity contribution in [3.8, 4) is 0 Å². The van der Waals surface area contributed by atoms with Gasteiger partial charge in [0.2, 0.25) is 5.91 Å². The molecule has 18 heavy (non-hydrogen) atoms. The Kier molecular flexibility index (Phi) is 5.13. The van der Waals surface area contributed by atoms with Gasteiger partial charge in [-0.25, -0.2) is 0 Å². The highest BCUT2D eigenvalue weighted by atomic mass is 16.5. The average molecular weight is 257 g/mol. The lowest BCUT2D eigenvalue weighted by molar-refractivity contribution is -0.125. The number of primary amides is 1. The molecule has 5 heteroatoms. The molecule has 0 aromatic rings. The summed E-state index contributed by atoms with van der Waals surface area (Å²) in [5.41, 5.74) is 4.82. The lowest BCUT2D eigenvalue weighted by atomic mass is 9.92. The maximum atomic E-state index is 11.5. The number of nitrogens with zero attached hydrogens (tertiary/aromatic N) is 1. The Morgan fingerprint density at radius 2 is 2.00 bits per heavy atom. The number of carbonyl (C=O) groups excluding carboxylic acids is 1. The monoisotopic (exact) mass is 257 g/mol. The highest BCUT2D eigenvalue weighted by Crippen LogP contribution is 2.20. The highest BCUT2D eigenvalue weighted by molar-refractivity contribution is 5.84. The van der Waals surface area contributed by atoms with Gasteiger partial charge in [0.15, 0.2) is 0 Å². The molecule has 0 bridgehead atoms. The van der Waals surface area contributed by atoms with Crippen molar-refractivity contribution in [1.29, 1.82) is 0 Å². The molecule has 1 aliphatic rings. The van der Waals surface area contributed by atoms with Crippen molar-refractivity contribution < 1.29 is 9.53 Å². The fraction of sp³-hybridized carbons (Fsp3) is 0.923. The Hall–Kier alpha value is -0.650. The summed E-state index contributed by atoms with van der Waals surface area (Å²) in [7, 11) is 1.78. The molecule has 3 N–H and O–H groups in total. The van der Waals surface area contributed by atoms with E-state index in [0.29, 0.717) is 12.5 Å². The van der Waals surface area contributed by atoms with Crippen molar-refractivity contribution >= 4 is 5.91 Å². The third kappa shape index (κ3) is 3.67. The van der Waals surface area contributed by atoms with Crippen LogP contribution >= 0.6 is 0 Å². The van der Waals surface area contributed by atoms with Crippen LogP contribution in [-0.2, 0) is 9.53 Å². The maximum absolute atomic E-state index is 11.5. The molecule has 1 saturated heterocycles. The van der Waals surface area contributed by atoms with Gasteiger partial charge in [-0.1, -0.05) is 0 Å². The molecule has 0 spiro atoms. The minimum atomic E-state index is -0.649. The fourth-order valence-corrected chi connectivity index (χ4v) is 2.62. The van der Waals surface area contributed by atoms with Gasteiger partial charge >= 0.3 is 0 Å². The quantitative estimate of drug-likeness (QED) is 0.745. The average Bonchev–Trinajstić information content (AvgIpc) is 2.27. The first-order chi connectivity index (χ1) is 8.28. The number of morpholine rings is 1. The predicted molar refractivity (Wildman–Crippen MR) is 72.3 cm³/mol. The van der Waals surface area contributed by atoms with Crippen LogP contribution in [0.25, 0.3) is 0 Å². The van der Waals surface area contributed by atoms with Crippen LogP contribution in [0, 0.1) is 0 Å². The molecule has 1 rings (SSSR count). The Labute approximate surface area is 110 Å². The third-order valence-electron chi connectivity index (χ3n) is 3.87. The Morgan fingerprint density at radius 1 is 1.50 bits per heavy atom. The van der Waals surface area contributed by atoms with E-state index >= 15 is 0 Å². The lowest BCUT2D eigenvalue weighted by Gasteiger charge is -2.41. The summed E-state index contributed by atoms with van der Waals surface area (Å²) in [5, 5.41) is 3.04. The Bertz CT molecular complexity index is 288. The largest absolute Gasteiger partial charge is 0.373 e. The van der Waals surface area contributed by atoms with E-state index in [0.717, 1.165) is 13.1 Å². The van der Waals surface area contributed by atoms with Crippen molar-refractivity contribution in [3.63, 3.8) is 0 Å². The molecule has 4 atom stereocenters. The molecular weight excluding hydrogens is 230 g/mol. The third-order valence-corrected chi connectivity index (χ3v) is 3.87. The van der Waals surface area contributed by atoms with Gasteiger partial charge < -0.3 is 15.8 Å². The Balaban J connectivity index is 2.64. The van der Waals surface area contributed by atoms with E-state index in [1.807, 2.05) is 6.92 Å². The molecule has 0 aromatic heterocycles. The molecule has 1 amide bonds. The summed E-state index contributed by atoms with van der Waals surface area (Å²) < 4.78 is 5.72. The minimum Gasteiger partial charge on any atom is -0.373 e. The normalized spacial score (nSPS) is 30.7. The molecule has 0 aliphatic carbocycles. The number of likely N-dealkylation sites (N-methyl/N-ethyl adjacent to an activating group) is 1. The van der Waals surface area contributed by atoms with Crippen LogP contribution < -0.4 is 11.1 Å². The maximum Gasteiger partial charge on any atom is 0.237 e. The first-order valence-electron chi connectivity index (χ1n) is 6.67. The zero-order valence-electron chi connectivity index (χ0n) is 12.2. The first-order valence-corrected chi connectivity index (χ1v) is 6.67. The number of nitrogens with one attached hydrogen (secondary N) is 1. The van der Waals surface area contributed by atoms with E-state index in [1.165, 1.54) is 0 Å². The van der Waals surface area contributed by atoms with Gasteiger partial charge in [0.25, 0.3) is 0 Å². The first kappa shape index (κ1) is 15.4. The van der Waals surface area contributed by atoms with E-state index in [2.05, 4.69) is 31.0 Å². The van der Waals surface area contributed by atoms with Gasteiger partial charge in [-0.05, 0) is 41.2 Å². The van der Waals surface area contributed by atoms with Gasteiger partial charge in [-0.3, -0.25) is 9.69 Å². The summed E-state index contributed by atoms with van der Waals surface area (Å²) in [4.78, 5) is 13.9. The number of ether oxygens (including phenoxy) is 1. The van der Waals surface area contributed by atoms with Crippen molar-refractivity contribution in [3.05, 3.63) is 0 Å². The van der Waals surface area contributed by atoms with Crippen molar-refractivity contribution in [1.82, 2.24) is 10.2 Å². The van der Waals surface area contributed by atoms with Crippen LogP contribution in [0.1, 0.15) is 34.1 Å². The summed E-state index contributed by atoms with van der Waals surface area (Å²) in [6.07, 6.45) is 1.19. The second-order valence-electron chi connectivity index (χ2n) is 5.71. The molecule has 0 radical (unpaired) electrons. The van der Waals surface area contributed by atoms with Crippen LogP contribution in [0.15, 0.2) is 0 Å². The van der Waals surface area contributed by atoms with E-state index in [4.69, 9.17) is 10.5 Å². The topological polar surface area (TPSA) is 67.6 Å². The van der Waals surface area contributed by atoms with Crippen LogP contribution in [-0.4, -0.2) is 54.7 Å². The van der Waals surface area contributed by atoms with Gasteiger partial charge in [0.05, 0.1) is 17.7 Å². The smallest absolute Gasteiger partial charge is 0.237 e. The van der Waals surface area contributed by atoms with E-state index in [9.17, 15) is 4.79 Å². The molecule has 1 heterocycles. The van der Waals surface area contributed by atoms with Gasteiger partial charge in [-0.15, -0.1) is 0 Å². The zero-order valence-corrected chi connectivity index (χ0v) is 12.2. The molecule has 0 saturated carbocycles. The molecule has 5 nitrogen and oxygen atoms in total. The standard InChI is InChI=1S/C13H27N3O2/c1-9(6-13(4,15-5)12(14)17)16-7-10(2)18-11(3)8-16/h9-11,15H,6-8H2,1-5H3,(H2,14,17). The van der Waals surface area contributed by atoms with Gasteiger partial charge in [-0.2, -0.15) is 0 Å². The fourth-order valence-electron chi connectivity index (χ4n) is 2.62. The van der Waals surface area contributed by atoms with E-state index < -0.39 is 5.54 Å². The molecule has 4 unspecified atom stereocenters. The van der Waals surface area contributed by atoms with Crippen LogP contribution in [0.5, 0.6) is 0 Å². The van der Waals surface area contributed by atoms with Crippen LogP contribution in [0.2, 0.25) is 0 Å². The van der Waals surface area contributed by atoms with E-state index in [-0.39, 0.29) is 18.1 Å².